The first-order valence-electron chi connectivity index (χ1n) is 6.10. The molecule has 5 nitrogen and oxygen atoms in total. The molecule has 0 aliphatic rings. The third-order valence-electron chi connectivity index (χ3n) is 2.40. The Hall–Kier alpha value is -2.27. The molecule has 0 atom stereocenters. The van der Waals surface area contributed by atoms with Crippen LogP contribution in [-0.4, -0.2) is 17.7 Å². The summed E-state index contributed by atoms with van der Waals surface area (Å²) < 4.78 is 4.76. The molecule has 0 bridgehead atoms. The monoisotopic (exact) mass is 291 g/mol. The Bertz CT molecular complexity index is 570. The van der Waals surface area contributed by atoms with Crippen LogP contribution in [0.1, 0.15) is 6.92 Å². The number of amides is 1. The number of nitrogens with one attached hydrogen (secondary N) is 2. The van der Waals surface area contributed by atoms with Crippen LogP contribution in [0.25, 0.3) is 0 Å². The van der Waals surface area contributed by atoms with Crippen molar-refractivity contribution in [2.45, 2.75) is 6.92 Å². The second-order valence-electron chi connectivity index (χ2n) is 3.91. The van der Waals surface area contributed by atoms with Gasteiger partial charge < -0.3 is 10.1 Å². The lowest BCUT2D eigenvalue weighted by Gasteiger charge is -2.08. The van der Waals surface area contributed by atoms with Gasteiger partial charge in [-0.1, -0.05) is 11.6 Å². The molecule has 0 aliphatic heterocycles. The summed E-state index contributed by atoms with van der Waals surface area (Å²) in [6.45, 7) is 2.06. The van der Waals surface area contributed by atoms with Crippen LogP contribution >= 0.6 is 11.6 Å². The maximum atomic E-state index is 11.2. The number of carbonyl (C=O) groups is 1. The molecular weight excluding hydrogens is 278 g/mol. The van der Waals surface area contributed by atoms with E-state index in [0.29, 0.717) is 17.4 Å². The van der Waals surface area contributed by atoms with Crippen molar-refractivity contribution in [1.29, 1.82) is 0 Å². The van der Waals surface area contributed by atoms with Gasteiger partial charge in [-0.05, 0) is 43.3 Å². The van der Waals surface area contributed by atoms with E-state index < -0.39 is 6.09 Å². The van der Waals surface area contributed by atoms with E-state index >= 15 is 0 Å². The maximum absolute atomic E-state index is 11.2. The van der Waals surface area contributed by atoms with Gasteiger partial charge in [0.1, 0.15) is 5.82 Å². The first kappa shape index (κ1) is 14.1. The number of pyridine rings is 1. The minimum absolute atomic E-state index is 0.321. The average molecular weight is 292 g/mol. The second-order valence-corrected chi connectivity index (χ2v) is 4.35. The Balaban J connectivity index is 1.97. The maximum Gasteiger partial charge on any atom is 0.412 e. The highest BCUT2D eigenvalue weighted by Gasteiger charge is 2.03. The van der Waals surface area contributed by atoms with Crippen molar-refractivity contribution in [3.8, 4) is 0 Å². The van der Waals surface area contributed by atoms with E-state index in [1.54, 1.807) is 31.3 Å². The molecule has 2 rings (SSSR count). The Kier molecular flexibility index (Phi) is 4.79. The molecular formula is C14H14ClN3O2. The summed E-state index contributed by atoms with van der Waals surface area (Å²) >= 11 is 5.82. The molecule has 0 saturated heterocycles. The van der Waals surface area contributed by atoms with Gasteiger partial charge in [-0.25, -0.2) is 9.78 Å². The van der Waals surface area contributed by atoms with Crippen molar-refractivity contribution in [2.24, 2.45) is 0 Å². The summed E-state index contributed by atoms with van der Waals surface area (Å²) in [6.07, 6.45) is 1.11. The molecule has 104 valence electrons. The number of rotatable bonds is 4. The number of halogens is 1. The average Bonchev–Trinajstić information content (AvgIpc) is 2.44. The zero-order valence-electron chi connectivity index (χ0n) is 10.9. The van der Waals surface area contributed by atoms with Crippen molar-refractivity contribution in [3.63, 3.8) is 0 Å². The van der Waals surface area contributed by atoms with Crippen LogP contribution < -0.4 is 10.6 Å². The molecule has 1 aromatic carbocycles. The number of aromatic nitrogens is 1. The number of carbonyl (C=O) groups excluding carboxylic acids is 1. The van der Waals surface area contributed by atoms with Gasteiger partial charge in [-0.2, -0.15) is 0 Å². The Morgan fingerprint density at radius 1 is 1.20 bits per heavy atom. The molecule has 0 radical (unpaired) electrons. The summed E-state index contributed by atoms with van der Waals surface area (Å²) in [4.78, 5) is 15.3. The topological polar surface area (TPSA) is 63.2 Å². The molecule has 0 saturated carbocycles. The van der Waals surface area contributed by atoms with Crippen molar-refractivity contribution < 1.29 is 9.53 Å². The minimum Gasteiger partial charge on any atom is -0.450 e. The van der Waals surface area contributed by atoms with E-state index in [1.807, 2.05) is 18.2 Å². The lowest BCUT2D eigenvalue weighted by Crippen LogP contribution is -2.14. The Morgan fingerprint density at radius 2 is 1.90 bits per heavy atom. The number of hydrogen-bond acceptors (Lipinski definition) is 4. The Labute approximate surface area is 121 Å². The molecule has 2 N–H and O–H groups in total. The van der Waals surface area contributed by atoms with Gasteiger partial charge in [0, 0.05) is 10.7 Å². The second kappa shape index (κ2) is 6.77. The summed E-state index contributed by atoms with van der Waals surface area (Å²) in [5, 5.41) is 6.38. The number of anilines is 3. The van der Waals surface area contributed by atoms with E-state index in [4.69, 9.17) is 16.3 Å². The van der Waals surface area contributed by atoms with E-state index in [0.717, 1.165) is 11.4 Å². The highest BCUT2D eigenvalue weighted by Crippen LogP contribution is 2.19. The fourth-order valence-electron chi connectivity index (χ4n) is 1.51. The summed E-state index contributed by atoms with van der Waals surface area (Å²) in [5.41, 5.74) is 1.71. The number of nitrogens with zero attached hydrogens (tertiary/aromatic N) is 1. The molecule has 6 heteroatoms. The number of benzene rings is 1. The van der Waals surface area contributed by atoms with Crippen LogP contribution in [0.3, 0.4) is 0 Å². The first-order chi connectivity index (χ1) is 9.67. The SMILES string of the molecule is CCOC(=O)Nc1ccc(Nc2ccc(Cl)cc2)cn1. The van der Waals surface area contributed by atoms with Gasteiger partial charge in [0.25, 0.3) is 0 Å². The van der Waals surface area contributed by atoms with Gasteiger partial charge in [-0.3, -0.25) is 5.32 Å². The molecule has 20 heavy (non-hydrogen) atoms. The third-order valence-corrected chi connectivity index (χ3v) is 2.65. The quantitative estimate of drug-likeness (QED) is 0.892. The highest BCUT2D eigenvalue weighted by atomic mass is 35.5. The summed E-state index contributed by atoms with van der Waals surface area (Å²) in [5.74, 6) is 0.435. The van der Waals surface area contributed by atoms with E-state index in [1.165, 1.54) is 0 Å². The molecule has 1 amide bonds. The lowest BCUT2D eigenvalue weighted by molar-refractivity contribution is 0.168. The summed E-state index contributed by atoms with van der Waals surface area (Å²) in [7, 11) is 0. The van der Waals surface area contributed by atoms with Crippen molar-refractivity contribution >= 4 is 34.9 Å². The van der Waals surface area contributed by atoms with Gasteiger partial charge in [0.05, 0.1) is 18.5 Å². The predicted octanol–water partition coefficient (Wildman–Crippen LogP) is 4.05. The summed E-state index contributed by atoms with van der Waals surface area (Å²) in [6, 6.07) is 10.8. The van der Waals surface area contributed by atoms with Crippen molar-refractivity contribution in [2.75, 3.05) is 17.2 Å². The number of hydrogen-bond donors (Lipinski definition) is 2. The van der Waals surface area contributed by atoms with E-state index in [9.17, 15) is 4.79 Å². The lowest BCUT2D eigenvalue weighted by atomic mass is 10.3. The van der Waals surface area contributed by atoms with Crippen LogP contribution in [0.2, 0.25) is 5.02 Å². The number of ether oxygens (including phenoxy) is 1. The van der Waals surface area contributed by atoms with Crippen LogP contribution in [-0.2, 0) is 4.74 Å². The van der Waals surface area contributed by atoms with Crippen LogP contribution in [0, 0.1) is 0 Å². The normalized spacial score (nSPS) is 9.90. The van der Waals surface area contributed by atoms with Gasteiger partial charge in [0.15, 0.2) is 0 Å². The Morgan fingerprint density at radius 3 is 2.50 bits per heavy atom. The predicted molar refractivity (Wildman–Crippen MR) is 79.6 cm³/mol. The zero-order chi connectivity index (χ0) is 14.4. The molecule has 1 heterocycles. The largest absolute Gasteiger partial charge is 0.450 e. The van der Waals surface area contributed by atoms with Crippen LogP contribution in [0.4, 0.5) is 22.0 Å². The zero-order valence-corrected chi connectivity index (χ0v) is 11.6. The molecule has 2 aromatic rings. The fraction of sp³-hybridized carbons (Fsp3) is 0.143. The smallest absolute Gasteiger partial charge is 0.412 e. The van der Waals surface area contributed by atoms with E-state index in [-0.39, 0.29) is 0 Å². The van der Waals surface area contributed by atoms with Gasteiger partial charge in [-0.15, -0.1) is 0 Å². The molecule has 0 unspecified atom stereocenters. The molecule has 0 aliphatic carbocycles. The third kappa shape index (κ3) is 4.13. The molecule has 0 spiro atoms. The molecule has 0 fully saturated rings. The standard InChI is InChI=1S/C14H14ClN3O2/c1-2-20-14(19)18-13-8-7-12(9-16-13)17-11-5-3-10(15)4-6-11/h3-9,17H,2H2,1H3,(H,16,18,19). The van der Waals surface area contributed by atoms with E-state index in [2.05, 4.69) is 15.6 Å². The molecule has 1 aromatic heterocycles. The van der Waals surface area contributed by atoms with Gasteiger partial charge in [0.2, 0.25) is 0 Å². The minimum atomic E-state index is -0.515. The van der Waals surface area contributed by atoms with Crippen LogP contribution in [0.15, 0.2) is 42.6 Å². The van der Waals surface area contributed by atoms with Gasteiger partial charge >= 0.3 is 6.09 Å². The van der Waals surface area contributed by atoms with Crippen molar-refractivity contribution in [3.05, 3.63) is 47.6 Å². The highest BCUT2D eigenvalue weighted by molar-refractivity contribution is 6.30. The van der Waals surface area contributed by atoms with Crippen LogP contribution in [0.5, 0.6) is 0 Å². The van der Waals surface area contributed by atoms with Crippen molar-refractivity contribution in [1.82, 2.24) is 4.98 Å². The first-order valence-corrected chi connectivity index (χ1v) is 6.47. The fourth-order valence-corrected chi connectivity index (χ4v) is 1.64.